The van der Waals surface area contributed by atoms with Crippen LogP contribution in [0.3, 0.4) is 0 Å². The van der Waals surface area contributed by atoms with E-state index in [1.807, 2.05) is 18.2 Å². The summed E-state index contributed by atoms with van der Waals surface area (Å²) >= 11 is 0. The van der Waals surface area contributed by atoms with Crippen LogP contribution in [0.5, 0.6) is 0 Å². The van der Waals surface area contributed by atoms with Gasteiger partial charge in [0.05, 0.1) is 6.61 Å². The maximum atomic E-state index is 11.2. The lowest BCUT2D eigenvalue weighted by atomic mass is 10.2. The molecule has 2 nitrogen and oxygen atoms in total. The molecule has 0 spiro atoms. The van der Waals surface area contributed by atoms with Crippen molar-refractivity contribution < 1.29 is 9.53 Å². The number of carbonyl (C=O) groups excluding carboxylic acids is 1. The van der Waals surface area contributed by atoms with Crippen LogP contribution in [0, 0.1) is 0 Å². The molecule has 0 saturated carbocycles. The monoisotopic (exact) mass is 166 g/mol. The molecule has 2 heteroatoms. The molecule has 0 bridgehead atoms. The van der Waals surface area contributed by atoms with Crippen LogP contribution in [0.25, 0.3) is 0 Å². The number of hydrogen-bond donors (Lipinski definition) is 0. The minimum Gasteiger partial charge on any atom is -0.462 e. The van der Waals surface area contributed by atoms with Gasteiger partial charge in [-0.05, 0) is 12.8 Å². The van der Waals surface area contributed by atoms with E-state index in [-0.39, 0.29) is 5.97 Å². The zero-order valence-corrected chi connectivity index (χ0v) is 7.38. The average Bonchev–Trinajstić information content (AvgIpc) is 2.56. The van der Waals surface area contributed by atoms with Gasteiger partial charge in [0.1, 0.15) is 0 Å². The summed E-state index contributed by atoms with van der Waals surface area (Å²) in [5, 5.41) is 0. The Labute approximate surface area is 72.9 Å². The van der Waals surface area contributed by atoms with Gasteiger partial charge in [0.15, 0.2) is 0 Å². The van der Waals surface area contributed by atoms with E-state index in [2.05, 4.69) is 6.92 Å². The van der Waals surface area contributed by atoms with Crippen LogP contribution in [0.15, 0.2) is 23.8 Å². The van der Waals surface area contributed by atoms with Gasteiger partial charge in [0, 0.05) is 5.57 Å². The summed E-state index contributed by atoms with van der Waals surface area (Å²) < 4.78 is 5.02. The molecular formula is C10H14O2. The van der Waals surface area contributed by atoms with Crippen LogP contribution in [0.1, 0.15) is 26.2 Å². The molecule has 0 aromatic carbocycles. The second-order valence-corrected chi connectivity index (χ2v) is 2.81. The molecule has 0 saturated heterocycles. The summed E-state index contributed by atoms with van der Waals surface area (Å²) in [4.78, 5) is 11.2. The van der Waals surface area contributed by atoms with Crippen molar-refractivity contribution in [3.8, 4) is 0 Å². The Balaban J connectivity index is 2.20. The number of carbonyl (C=O) groups is 1. The van der Waals surface area contributed by atoms with E-state index in [4.69, 9.17) is 4.74 Å². The number of hydrogen-bond acceptors (Lipinski definition) is 2. The van der Waals surface area contributed by atoms with Crippen LogP contribution in [-0.4, -0.2) is 12.6 Å². The first-order valence-corrected chi connectivity index (χ1v) is 4.37. The van der Waals surface area contributed by atoms with Crippen LogP contribution >= 0.6 is 0 Å². The van der Waals surface area contributed by atoms with Crippen molar-refractivity contribution in [2.24, 2.45) is 0 Å². The Bertz CT molecular complexity index is 214. The molecule has 0 aliphatic heterocycles. The Morgan fingerprint density at radius 2 is 2.50 bits per heavy atom. The Kier molecular flexibility index (Phi) is 3.58. The van der Waals surface area contributed by atoms with Crippen molar-refractivity contribution in [3.63, 3.8) is 0 Å². The van der Waals surface area contributed by atoms with Gasteiger partial charge in [-0.25, -0.2) is 4.79 Å². The Morgan fingerprint density at radius 1 is 1.67 bits per heavy atom. The van der Waals surface area contributed by atoms with Crippen LogP contribution < -0.4 is 0 Å². The number of allylic oxidation sites excluding steroid dienone is 3. The fourth-order valence-electron chi connectivity index (χ4n) is 1.00. The van der Waals surface area contributed by atoms with Crippen molar-refractivity contribution in [1.82, 2.24) is 0 Å². The van der Waals surface area contributed by atoms with E-state index in [1.165, 1.54) is 0 Å². The molecule has 0 aromatic heterocycles. The third-order valence-corrected chi connectivity index (χ3v) is 1.76. The van der Waals surface area contributed by atoms with E-state index in [0.29, 0.717) is 6.61 Å². The van der Waals surface area contributed by atoms with Crippen molar-refractivity contribution in [2.75, 3.05) is 6.61 Å². The second-order valence-electron chi connectivity index (χ2n) is 2.81. The summed E-state index contributed by atoms with van der Waals surface area (Å²) in [7, 11) is 0. The summed E-state index contributed by atoms with van der Waals surface area (Å²) in [6.45, 7) is 2.62. The summed E-state index contributed by atoms with van der Waals surface area (Å²) in [5.74, 6) is -0.159. The first-order valence-electron chi connectivity index (χ1n) is 4.37. The van der Waals surface area contributed by atoms with Gasteiger partial charge >= 0.3 is 5.97 Å². The van der Waals surface area contributed by atoms with E-state index >= 15 is 0 Å². The molecule has 1 aliphatic rings. The maximum Gasteiger partial charge on any atom is 0.334 e. The molecule has 1 rings (SSSR count). The first kappa shape index (κ1) is 9.04. The number of unbranched alkanes of at least 4 members (excludes halogenated alkanes) is 1. The minimum atomic E-state index is -0.159. The zero-order valence-electron chi connectivity index (χ0n) is 7.38. The predicted molar refractivity (Wildman–Crippen MR) is 47.7 cm³/mol. The van der Waals surface area contributed by atoms with Crippen molar-refractivity contribution in [3.05, 3.63) is 23.8 Å². The van der Waals surface area contributed by atoms with E-state index in [1.54, 1.807) is 0 Å². The molecule has 0 N–H and O–H groups in total. The lowest BCUT2D eigenvalue weighted by Crippen LogP contribution is -2.07. The minimum absolute atomic E-state index is 0.159. The smallest absolute Gasteiger partial charge is 0.334 e. The molecule has 12 heavy (non-hydrogen) atoms. The van der Waals surface area contributed by atoms with Gasteiger partial charge in [-0.3, -0.25) is 0 Å². The summed E-state index contributed by atoms with van der Waals surface area (Å²) in [6.07, 6.45) is 8.39. The standard InChI is InChI=1S/C10H14O2/c1-2-3-8-12-10(11)9-6-4-5-7-9/h4-6H,2-3,7-8H2,1H3. The molecule has 0 fully saturated rings. The molecule has 0 unspecified atom stereocenters. The topological polar surface area (TPSA) is 26.3 Å². The highest BCUT2D eigenvalue weighted by Gasteiger charge is 2.10. The molecule has 0 heterocycles. The summed E-state index contributed by atoms with van der Waals surface area (Å²) in [5.41, 5.74) is 0.770. The average molecular weight is 166 g/mol. The highest BCUT2D eigenvalue weighted by atomic mass is 16.5. The quantitative estimate of drug-likeness (QED) is 0.473. The Morgan fingerprint density at radius 3 is 3.08 bits per heavy atom. The molecule has 0 atom stereocenters. The summed E-state index contributed by atoms with van der Waals surface area (Å²) in [6, 6.07) is 0. The van der Waals surface area contributed by atoms with Gasteiger partial charge in [0.25, 0.3) is 0 Å². The SMILES string of the molecule is CCCCOC(=O)C1=CC=CC1. The molecule has 1 aliphatic carbocycles. The second kappa shape index (κ2) is 4.75. The van der Waals surface area contributed by atoms with Gasteiger partial charge in [0.2, 0.25) is 0 Å². The maximum absolute atomic E-state index is 11.2. The van der Waals surface area contributed by atoms with Crippen molar-refractivity contribution in [1.29, 1.82) is 0 Å². The van der Waals surface area contributed by atoms with Crippen LogP contribution in [-0.2, 0) is 9.53 Å². The number of esters is 1. The largest absolute Gasteiger partial charge is 0.462 e. The van der Waals surface area contributed by atoms with Gasteiger partial charge in [-0.2, -0.15) is 0 Å². The normalized spacial score (nSPS) is 14.6. The Hall–Kier alpha value is -1.05. The first-order chi connectivity index (χ1) is 5.84. The molecule has 0 amide bonds. The van der Waals surface area contributed by atoms with Crippen molar-refractivity contribution >= 4 is 5.97 Å². The highest BCUT2D eigenvalue weighted by molar-refractivity contribution is 5.89. The molecule has 0 aromatic rings. The zero-order chi connectivity index (χ0) is 8.81. The van der Waals surface area contributed by atoms with Gasteiger partial charge < -0.3 is 4.74 Å². The van der Waals surface area contributed by atoms with Gasteiger partial charge in [-0.1, -0.05) is 31.6 Å². The number of ether oxygens (including phenoxy) is 1. The van der Waals surface area contributed by atoms with Crippen LogP contribution in [0.2, 0.25) is 0 Å². The van der Waals surface area contributed by atoms with Crippen LogP contribution in [0.4, 0.5) is 0 Å². The van der Waals surface area contributed by atoms with E-state index < -0.39 is 0 Å². The van der Waals surface area contributed by atoms with E-state index in [9.17, 15) is 4.79 Å². The molecule has 66 valence electrons. The molecule has 0 radical (unpaired) electrons. The number of rotatable bonds is 4. The third-order valence-electron chi connectivity index (χ3n) is 1.76. The lowest BCUT2D eigenvalue weighted by molar-refractivity contribution is -0.139. The fourth-order valence-corrected chi connectivity index (χ4v) is 1.00. The van der Waals surface area contributed by atoms with Gasteiger partial charge in [-0.15, -0.1) is 0 Å². The van der Waals surface area contributed by atoms with E-state index in [0.717, 1.165) is 24.8 Å². The van der Waals surface area contributed by atoms with Crippen molar-refractivity contribution in [2.45, 2.75) is 26.2 Å². The predicted octanol–water partition coefficient (Wildman–Crippen LogP) is 2.22. The fraction of sp³-hybridized carbons (Fsp3) is 0.500. The third kappa shape index (κ3) is 2.53. The lowest BCUT2D eigenvalue weighted by Gasteiger charge is -2.03. The highest BCUT2D eigenvalue weighted by Crippen LogP contribution is 2.11. The molecular weight excluding hydrogens is 152 g/mol.